The number of halogens is 2. The zero-order valence-electron chi connectivity index (χ0n) is 10.1. The number of benzene rings is 1. The van der Waals surface area contributed by atoms with Gasteiger partial charge in [-0.2, -0.15) is 0 Å². The Morgan fingerprint density at radius 2 is 2.12 bits per heavy atom. The maximum atomic E-state index is 13.4. The number of nitrogens with zero attached hydrogens (tertiary/aromatic N) is 1. The zero-order valence-corrected chi connectivity index (χ0v) is 10.8. The van der Waals surface area contributed by atoms with E-state index in [2.05, 4.69) is 10.3 Å². The Bertz CT molecular complexity index is 581. The summed E-state index contributed by atoms with van der Waals surface area (Å²) >= 11 is 6.04. The average molecular weight is 253 g/mol. The summed E-state index contributed by atoms with van der Waals surface area (Å²) < 4.78 is 13.4. The number of aromatic nitrogens is 1. The lowest BCUT2D eigenvalue weighted by molar-refractivity contribution is 0.629. The Kier molecular flexibility index (Phi) is 3.20. The van der Waals surface area contributed by atoms with E-state index < -0.39 is 0 Å². The van der Waals surface area contributed by atoms with Crippen molar-refractivity contribution in [3.8, 4) is 0 Å². The van der Waals surface area contributed by atoms with E-state index >= 15 is 0 Å². The van der Waals surface area contributed by atoms with Crippen LogP contribution in [0.5, 0.6) is 0 Å². The van der Waals surface area contributed by atoms with Crippen LogP contribution in [0.1, 0.15) is 18.2 Å². The second-order valence-electron chi connectivity index (χ2n) is 3.95. The van der Waals surface area contributed by atoms with Crippen molar-refractivity contribution in [2.75, 3.05) is 12.4 Å². The third-order valence-electron chi connectivity index (χ3n) is 2.94. The molecule has 2 rings (SSSR count). The second-order valence-corrected chi connectivity index (χ2v) is 4.35. The number of fused-ring (bicyclic) bond motifs is 1. The largest absolute Gasteiger partial charge is 0.387 e. The summed E-state index contributed by atoms with van der Waals surface area (Å²) in [5, 5.41) is 4.18. The lowest BCUT2D eigenvalue weighted by Gasteiger charge is -2.14. The number of hydrogen-bond donors (Lipinski definition) is 1. The molecule has 1 heterocycles. The molecule has 17 heavy (non-hydrogen) atoms. The highest BCUT2D eigenvalue weighted by Gasteiger charge is 2.13. The summed E-state index contributed by atoms with van der Waals surface area (Å²) in [6.45, 7) is 4.02. The molecule has 0 aliphatic rings. The molecule has 0 atom stereocenters. The second kappa shape index (κ2) is 4.49. The predicted molar refractivity (Wildman–Crippen MR) is 70.4 cm³/mol. The Morgan fingerprint density at radius 1 is 1.41 bits per heavy atom. The fourth-order valence-corrected chi connectivity index (χ4v) is 2.35. The quantitative estimate of drug-likeness (QED) is 0.876. The van der Waals surface area contributed by atoms with E-state index in [0.717, 1.165) is 28.8 Å². The van der Waals surface area contributed by atoms with Crippen molar-refractivity contribution in [2.45, 2.75) is 20.3 Å². The van der Waals surface area contributed by atoms with Crippen LogP contribution >= 0.6 is 11.6 Å². The molecule has 0 fully saturated rings. The molecule has 0 radical (unpaired) electrons. The number of hydrogen-bond acceptors (Lipinski definition) is 2. The number of aryl methyl sites for hydroxylation is 1. The van der Waals surface area contributed by atoms with Gasteiger partial charge in [0.15, 0.2) is 0 Å². The monoisotopic (exact) mass is 252 g/mol. The first-order chi connectivity index (χ1) is 8.08. The molecular formula is C13H14ClFN2. The Morgan fingerprint density at radius 3 is 2.71 bits per heavy atom. The minimum atomic E-state index is -0.343. The van der Waals surface area contributed by atoms with Crippen LogP contribution in [0.25, 0.3) is 10.9 Å². The summed E-state index contributed by atoms with van der Waals surface area (Å²) in [5.41, 5.74) is 3.58. The summed E-state index contributed by atoms with van der Waals surface area (Å²) in [6.07, 6.45) is 0.824. The number of anilines is 1. The molecule has 1 N–H and O–H groups in total. The van der Waals surface area contributed by atoms with Gasteiger partial charge in [-0.3, -0.25) is 4.98 Å². The first-order valence-corrected chi connectivity index (χ1v) is 5.92. The zero-order chi connectivity index (χ0) is 12.6. The molecular weight excluding hydrogens is 239 g/mol. The summed E-state index contributed by atoms with van der Waals surface area (Å²) in [6, 6.07) is 2.76. The van der Waals surface area contributed by atoms with E-state index in [9.17, 15) is 4.39 Å². The van der Waals surface area contributed by atoms with Gasteiger partial charge in [0.05, 0.1) is 10.5 Å². The van der Waals surface area contributed by atoms with Crippen LogP contribution in [0, 0.1) is 12.7 Å². The van der Waals surface area contributed by atoms with Crippen LogP contribution in [-0.4, -0.2) is 12.0 Å². The van der Waals surface area contributed by atoms with Crippen molar-refractivity contribution in [2.24, 2.45) is 0 Å². The number of pyridine rings is 1. The van der Waals surface area contributed by atoms with E-state index in [-0.39, 0.29) is 5.82 Å². The topological polar surface area (TPSA) is 24.9 Å². The van der Waals surface area contributed by atoms with E-state index in [1.807, 2.05) is 20.9 Å². The average Bonchev–Trinajstić information content (AvgIpc) is 2.28. The van der Waals surface area contributed by atoms with Gasteiger partial charge in [-0.1, -0.05) is 18.5 Å². The highest BCUT2D eigenvalue weighted by molar-refractivity contribution is 6.35. The van der Waals surface area contributed by atoms with Crippen LogP contribution in [0.3, 0.4) is 0 Å². The Balaban J connectivity index is 2.92. The molecule has 0 aliphatic heterocycles. The molecule has 1 aromatic carbocycles. The van der Waals surface area contributed by atoms with E-state index in [1.54, 1.807) is 0 Å². The van der Waals surface area contributed by atoms with Crippen molar-refractivity contribution in [1.29, 1.82) is 0 Å². The SMILES string of the molecule is CCc1nc2c(Cl)cc(F)cc2c(NC)c1C. The van der Waals surface area contributed by atoms with Gasteiger partial charge in [0.25, 0.3) is 0 Å². The minimum Gasteiger partial charge on any atom is -0.387 e. The highest BCUT2D eigenvalue weighted by Crippen LogP contribution is 2.32. The van der Waals surface area contributed by atoms with Gasteiger partial charge in [-0.15, -0.1) is 0 Å². The van der Waals surface area contributed by atoms with Crippen molar-refractivity contribution >= 4 is 28.2 Å². The predicted octanol–water partition coefficient (Wildman–Crippen LogP) is 3.94. The molecule has 0 aliphatic carbocycles. The molecule has 4 heteroatoms. The third kappa shape index (κ3) is 1.95. The van der Waals surface area contributed by atoms with Crippen LogP contribution in [0.2, 0.25) is 5.02 Å². The van der Waals surface area contributed by atoms with Crippen LogP contribution in [0.4, 0.5) is 10.1 Å². The van der Waals surface area contributed by atoms with Crippen LogP contribution in [-0.2, 0) is 6.42 Å². The summed E-state index contributed by atoms with van der Waals surface area (Å²) in [4.78, 5) is 4.50. The highest BCUT2D eigenvalue weighted by atomic mass is 35.5. The smallest absolute Gasteiger partial charge is 0.125 e. The normalized spacial score (nSPS) is 10.9. The first-order valence-electron chi connectivity index (χ1n) is 5.54. The molecule has 0 spiro atoms. The van der Waals surface area contributed by atoms with Crippen molar-refractivity contribution in [3.63, 3.8) is 0 Å². The first kappa shape index (κ1) is 12.1. The van der Waals surface area contributed by atoms with Gasteiger partial charge >= 0.3 is 0 Å². The molecule has 0 saturated carbocycles. The van der Waals surface area contributed by atoms with Crippen molar-refractivity contribution < 1.29 is 4.39 Å². The van der Waals surface area contributed by atoms with Crippen LogP contribution in [0.15, 0.2) is 12.1 Å². The van der Waals surface area contributed by atoms with E-state index in [1.165, 1.54) is 12.1 Å². The van der Waals surface area contributed by atoms with Crippen molar-refractivity contribution in [3.05, 3.63) is 34.2 Å². The van der Waals surface area contributed by atoms with E-state index in [4.69, 9.17) is 11.6 Å². The van der Waals surface area contributed by atoms with Gasteiger partial charge in [-0.25, -0.2) is 4.39 Å². The summed E-state index contributed by atoms with van der Waals surface area (Å²) in [7, 11) is 1.82. The molecule has 2 aromatic rings. The summed E-state index contributed by atoms with van der Waals surface area (Å²) in [5.74, 6) is -0.343. The van der Waals surface area contributed by atoms with Gasteiger partial charge in [0, 0.05) is 23.8 Å². The van der Waals surface area contributed by atoms with Gasteiger partial charge in [0.1, 0.15) is 5.82 Å². The lowest BCUT2D eigenvalue weighted by atomic mass is 10.1. The minimum absolute atomic E-state index is 0.343. The molecule has 2 nitrogen and oxygen atoms in total. The fourth-order valence-electron chi connectivity index (χ4n) is 2.10. The fraction of sp³-hybridized carbons (Fsp3) is 0.308. The molecule has 0 bridgehead atoms. The maximum absolute atomic E-state index is 13.4. The molecule has 1 aromatic heterocycles. The third-order valence-corrected chi connectivity index (χ3v) is 3.23. The van der Waals surface area contributed by atoms with Crippen molar-refractivity contribution in [1.82, 2.24) is 4.98 Å². The molecule has 0 amide bonds. The standard InChI is InChI=1S/C13H14ClFN2/c1-4-11-7(2)12(16-3)9-5-8(15)6-10(14)13(9)17-11/h5-6H,4H2,1-3H3,(H,16,17). The maximum Gasteiger partial charge on any atom is 0.125 e. The lowest BCUT2D eigenvalue weighted by Crippen LogP contribution is -2.01. The van der Waals surface area contributed by atoms with Gasteiger partial charge in [0.2, 0.25) is 0 Å². The van der Waals surface area contributed by atoms with E-state index in [0.29, 0.717) is 10.5 Å². The number of nitrogens with one attached hydrogen (secondary N) is 1. The van der Waals surface area contributed by atoms with Gasteiger partial charge < -0.3 is 5.32 Å². The molecule has 0 saturated heterocycles. The Hall–Kier alpha value is -1.35. The van der Waals surface area contributed by atoms with Gasteiger partial charge in [-0.05, 0) is 31.0 Å². The van der Waals surface area contributed by atoms with Crippen LogP contribution < -0.4 is 5.32 Å². The number of rotatable bonds is 2. The molecule has 90 valence electrons. The Labute approximate surface area is 105 Å². The molecule has 0 unspecified atom stereocenters.